The van der Waals surface area contributed by atoms with Gasteiger partial charge < -0.3 is 4.90 Å². The summed E-state index contributed by atoms with van der Waals surface area (Å²) in [6, 6.07) is 0. The standard InChI is InChI=1S/C8H19N.C2H6/c1-4-6-8-9(3)7-5-2;1-2/h4-8H2,1-3H3;1-2H3. The van der Waals surface area contributed by atoms with Gasteiger partial charge in [0.25, 0.3) is 0 Å². The number of hydrogen-bond acceptors (Lipinski definition) is 1. The van der Waals surface area contributed by atoms with Gasteiger partial charge >= 0.3 is 0 Å². The average Bonchev–Trinajstić information content (AvgIpc) is 2.05. The summed E-state index contributed by atoms with van der Waals surface area (Å²) in [6.45, 7) is 11.0. The van der Waals surface area contributed by atoms with E-state index in [9.17, 15) is 0 Å². The van der Waals surface area contributed by atoms with Gasteiger partial charge in [-0.25, -0.2) is 0 Å². The van der Waals surface area contributed by atoms with Crippen LogP contribution in [0.15, 0.2) is 0 Å². The van der Waals surface area contributed by atoms with Gasteiger partial charge in [-0.1, -0.05) is 34.1 Å². The van der Waals surface area contributed by atoms with E-state index in [0.717, 1.165) is 0 Å². The van der Waals surface area contributed by atoms with Crippen LogP contribution in [0.25, 0.3) is 0 Å². The van der Waals surface area contributed by atoms with E-state index in [2.05, 4.69) is 25.8 Å². The summed E-state index contributed by atoms with van der Waals surface area (Å²) in [4.78, 5) is 2.39. The van der Waals surface area contributed by atoms with Gasteiger partial charge in [0, 0.05) is 0 Å². The van der Waals surface area contributed by atoms with Gasteiger partial charge in [-0.15, -0.1) is 0 Å². The van der Waals surface area contributed by atoms with Crippen molar-refractivity contribution in [3.8, 4) is 0 Å². The van der Waals surface area contributed by atoms with Crippen LogP contribution in [-0.2, 0) is 0 Å². The Hall–Kier alpha value is -0.0400. The lowest BCUT2D eigenvalue weighted by Crippen LogP contribution is -2.19. The van der Waals surface area contributed by atoms with Gasteiger partial charge in [-0.2, -0.15) is 0 Å². The SMILES string of the molecule is CC.CCCCN(C)CCC. The lowest BCUT2D eigenvalue weighted by atomic mass is 10.3. The maximum absolute atomic E-state index is 2.39. The van der Waals surface area contributed by atoms with Crippen LogP contribution < -0.4 is 0 Å². The zero-order valence-electron chi connectivity index (χ0n) is 8.98. The summed E-state index contributed by atoms with van der Waals surface area (Å²) in [6.07, 6.45) is 3.94. The number of rotatable bonds is 5. The van der Waals surface area contributed by atoms with Crippen molar-refractivity contribution in [3.05, 3.63) is 0 Å². The van der Waals surface area contributed by atoms with Gasteiger partial charge in [0.2, 0.25) is 0 Å². The van der Waals surface area contributed by atoms with Crippen LogP contribution in [0.3, 0.4) is 0 Å². The van der Waals surface area contributed by atoms with Crippen molar-refractivity contribution >= 4 is 0 Å². The second kappa shape index (κ2) is 12.6. The Morgan fingerprint density at radius 2 is 1.45 bits per heavy atom. The Balaban J connectivity index is 0. The molecule has 0 aliphatic carbocycles. The molecule has 0 heterocycles. The molecule has 11 heavy (non-hydrogen) atoms. The number of nitrogens with zero attached hydrogens (tertiary/aromatic N) is 1. The van der Waals surface area contributed by atoms with E-state index in [1.807, 2.05) is 13.8 Å². The maximum Gasteiger partial charge on any atom is -0.00219 e. The van der Waals surface area contributed by atoms with Crippen molar-refractivity contribution < 1.29 is 0 Å². The van der Waals surface area contributed by atoms with Gasteiger partial charge in [0.1, 0.15) is 0 Å². The molecule has 0 spiro atoms. The summed E-state index contributed by atoms with van der Waals surface area (Å²) >= 11 is 0. The van der Waals surface area contributed by atoms with Crippen LogP contribution in [-0.4, -0.2) is 25.0 Å². The minimum absolute atomic E-state index is 1.25. The van der Waals surface area contributed by atoms with E-state index in [-0.39, 0.29) is 0 Å². The Morgan fingerprint density at radius 1 is 0.909 bits per heavy atom. The summed E-state index contributed by atoms with van der Waals surface area (Å²) < 4.78 is 0. The Bertz CT molecular complexity index is 52.8. The zero-order valence-corrected chi connectivity index (χ0v) is 8.98. The Labute approximate surface area is 72.8 Å². The van der Waals surface area contributed by atoms with Gasteiger partial charge in [0.15, 0.2) is 0 Å². The van der Waals surface area contributed by atoms with Crippen LogP contribution in [0.1, 0.15) is 47.0 Å². The monoisotopic (exact) mass is 159 g/mol. The second-order valence-electron chi connectivity index (χ2n) is 2.66. The van der Waals surface area contributed by atoms with Crippen LogP contribution in [0.4, 0.5) is 0 Å². The molecule has 1 nitrogen and oxygen atoms in total. The van der Waals surface area contributed by atoms with Gasteiger partial charge in [-0.05, 0) is 33.0 Å². The van der Waals surface area contributed by atoms with E-state index in [0.29, 0.717) is 0 Å². The first-order chi connectivity index (χ1) is 5.31. The Kier molecular flexibility index (Phi) is 15.5. The lowest BCUT2D eigenvalue weighted by molar-refractivity contribution is 0.329. The van der Waals surface area contributed by atoms with E-state index in [1.54, 1.807) is 0 Å². The fourth-order valence-electron chi connectivity index (χ4n) is 0.922. The van der Waals surface area contributed by atoms with E-state index >= 15 is 0 Å². The van der Waals surface area contributed by atoms with Crippen LogP contribution >= 0.6 is 0 Å². The molecule has 0 saturated carbocycles. The molecule has 1 heteroatoms. The highest BCUT2D eigenvalue weighted by molar-refractivity contribution is 4.47. The first-order valence-corrected chi connectivity index (χ1v) is 4.99. The summed E-state index contributed by atoms with van der Waals surface area (Å²) in [5.74, 6) is 0. The molecule has 0 rings (SSSR count). The molecule has 0 saturated heterocycles. The van der Waals surface area contributed by atoms with Gasteiger partial charge in [-0.3, -0.25) is 0 Å². The lowest BCUT2D eigenvalue weighted by Gasteiger charge is -2.13. The predicted molar refractivity (Wildman–Crippen MR) is 54.0 cm³/mol. The second-order valence-corrected chi connectivity index (χ2v) is 2.66. The normalized spacial score (nSPS) is 9.27. The van der Waals surface area contributed by atoms with Crippen LogP contribution in [0.5, 0.6) is 0 Å². The molecule has 0 radical (unpaired) electrons. The largest absolute Gasteiger partial charge is 0.306 e. The molecule has 0 aromatic carbocycles. The minimum Gasteiger partial charge on any atom is -0.306 e. The maximum atomic E-state index is 2.39. The molecular formula is C10H25N. The molecule has 0 aliphatic heterocycles. The highest BCUT2D eigenvalue weighted by atomic mass is 15.1. The molecule has 0 aliphatic rings. The first-order valence-electron chi connectivity index (χ1n) is 4.99. The topological polar surface area (TPSA) is 3.24 Å². The average molecular weight is 159 g/mol. The van der Waals surface area contributed by atoms with Crippen molar-refractivity contribution in [2.75, 3.05) is 20.1 Å². The molecule has 0 fully saturated rings. The van der Waals surface area contributed by atoms with Crippen molar-refractivity contribution in [2.45, 2.75) is 47.0 Å². The summed E-state index contributed by atoms with van der Waals surface area (Å²) in [7, 11) is 2.19. The fraction of sp³-hybridized carbons (Fsp3) is 1.00. The third kappa shape index (κ3) is 13.0. The molecule has 0 aromatic heterocycles. The summed E-state index contributed by atoms with van der Waals surface area (Å²) in [5, 5.41) is 0. The molecule has 70 valence electrons. The van der Waals surface area contributed by atoms with E-state index < -0.39 is 0 Å². The number of unbranched alkanes of at least 4 members (excludes halogenated alkanes) is 1. The quantitative estimate of drug-likeness (QED) is 0.595. The number of hydrogen-bond donors (Lipinski definition) is 0. The third-order valence-electron chi connectivity index (χ3n) is 1.50. The van der Waals surface area contributed by atoms with Crippen molar-refractivity contribution in [1.29, 1.82) is 0 Å². The van der Waals surface area contributed by atoms with Crippen LogP contribution in [0, 0.1) is 0 Å². The molecule has 0 amide bonds. The fourth-order valence-corrected chi connectivity index (χ4v) is 0.922. The van der Waals surface area contributed by atoms with Crippen molar-refractivity contribution in [1.82, 2.24) is 4.90 Å². The van der Waals surface area contributed by atoms with E-state index in [1.165, 1.54) is 32.4 Å². The highest BCUT2D eigenvalue weighted by Crippen LogP contribution is 1.91. The molecule has 0 atom stereocenters. The molecule has 0 unspecified atom stereocenters. The Morgan fingerprint density at radius 3 is 1.82 bits per heavy atom. The minimum atomic E-state index is 1.25. The molecule has 0 N–H and O–H groups in total. The third-order valence-corrected chi connectivity index (χ3v) is 1.50. The highest BCUT2D eigenvalue weighted by Gasteiger charge is 1.92. The molecular weight excluding hydrogens is 134 g/mol. The molecule has 0 aromatic rings. The first kappa shape index (κ1) is 13.5. The predicted octanol–water partition coefficient (Wildman–Crippen LogP) is 3.15. The van der Waals surface area contributed by atoms with E-state index in [4.69, 9.17) is 0 Å². The summed E-state index contributed by atoms with van der Waals surface area (Å²) in [5.41, 5.74) is 0. The van der Waals surface area contributed by atoms with Crippen LogP contribution in [0.2, 0.25) is 0 Å². The van der Waals surface area contributed by atoms with Crippen molar-refractivity contribution in [2.24, 2.45) is 0 Å². The zero-order chi connectivity index (χ0) is 9.11. The smallest absolute Gasteiger partial charge is 0.00219 e. The van der Waals surface area contributed by atoms with Crippen molar-refractivity contribution in [3.63, 3.8) is 0 Å². The molecule has 0 bridgehead atoms. The van der Waals surface area contributed by atoms with Gasteiger partial charge in [0.05, 0.1) is 0 Å².